The minimum atomic E-state index is -4.31. The molecule has 1 fully saturated rings. The Balaban J connectivity index is 2.40. The third-order valence-corrected chi connectivity index (χ3v) is 3.08. The van der Waals surface area contributed by atoms with Crippen molar-refractivity contribution in [2.45, 2.75) is 44.8 Å². The van der Waals surface area contributed by atoms with E-state index in [9.17, 15) is 22.8 Å². The lowest BCUT2D eigenvalue weighted by Crippen LogP contribution is -2.39. The zero-order chi connectivity index (χ0) is 13.9. The van der Waals surface area contributed by atoms with Gasteiger partial charge in [-0.15, -0.1) is 0 Å². The number of aliphatic carboxylic acids is 1. The van der Waals surface area contributed by atoms with Crippen LogP contribution in [0.4, 0.5) is 13.2 Å². The highest BCUT2D eigenvalue weighted by molar-refractivity contribution is 5.81. The first-order valence-electron chi connectivity index (χ1n) is 5.79. The molecule has 0 saturated heterocycles. The van der Waals surface area contributed by atoms with Crippen LogP contribution in [0.5, 0.6) is 0 Å². The largest absolute Gasteiger partial charge is 0.481 e. The smallest absolute Gasteiger partial charge is 0.391 e. The van der Waals surface area contributed by atoms with Gasteiger partial charge in [0.25, 0.3) is 0 Å². The van der Waals surface area contributed by atoms with Gasteiger partial charge in [-0.1, -0.05) is 0 Å². The van der Waals surface area contributed by atoms with E-state index in [-0.39, 0.29) is 6.42 Å². The summed E-state index contributed by atoms with van der Waals surface area (Å²) in [6, 6.07) is -0.985. The first-order chi connectivity index (χ1) is 8.19. The Hall–Kier alpha value is -1.27. The fraction of sp³-hybridized carbons (Fsp3) is 0.818. The van der Waals surface area contributed by atoms with E-state index in [1.807, 2.05) is 0 Å². The first-order valence-corrected chi connectivity index (χ1v) is 5.79. The molecule has 0 aliphatic heterocycles. The number of rotatable bonds is 4. The molecule has 0 radical (unpaired) electrons. The molecule has 1 aliphatic rings. The molecule has 0 aromatic heterocycles. The summed E-state index contributed by atoms with van der Waals surface area (Å²) in [5.74, 6) is -2.47. The number of nitrogens with one attached hydrogen (secondary N) is 1. The van der Waals surface area contributed by atoms with E-state index in [1.54, 1.807) is 0 Å². The fourth-order valence-electron chi connectivity index (χ4n) is 2.20. The molecule has 7 heteroatoms. The van der Waals surface area contributed by atoms with Gasteiger partial charge >= 0.3 is 12.1 Å². The number of amides is 1. The van der Waals surface area contributed by atoms with Crippen LogP contribution in [0.3, 0.4) is 0 Å². The minimum Gasteiger partial charge on any atom is -0.481 e. The van der Waals surface area contributed by atoms with Gasteiger partial charge in [-0.25, -0.2) is 0 Å². The summed E-state index contributed by atoms with van der Waals surface area (Å²) in [5.41, 5.74) is 0. The molecule has 1 rings (SSSR count). The molecule has 4 nitrogen and oxygen atoms in total. The average Bonchev–Trinajstić information content (AvgIpc) is 2.62. The van der Waals surface area contributed by atoms with Crippen LogP contribution in [0.15, 0.2) is 0 Å². The van der Waals surface area contributed by atoms with Crippen LogP contribution in [-0.4, -0.2) is 29.2 Å². The van der Waals surface area contributed by atoms with E-state index in [0.29, 0.717) is 12.8 Å². The normalized spacial score (nSPS) is 25.8. The van der Waals surface area contributed by atoms with Crippen molar-refractivity contribution in [3.63, 3.8) is 0 Å². The second-order valence-electron chi connectivity index (χ2n) is 4.77. The predicted molar refractivity (Wildman–Crippen MR) is 56.7 cm³/mol. The van der Waals surface area contributed by atoms with Crippen molar-refractivity contribution < 1.29 is 27.9 Å². The molecule has 0 bridgehead atoms. The minimum absolute atomic E-state index is 0.208. The van der Waals surface area contributed by atoms with Crippen LogP contribution >= 0.6 is 0 Å². The Labute approximate surface area is 103 Å². The summed E-state index contributed by atoms with van der Waals surface area (Å²) in [6.45, 7) is 1.29. The van der Waals surface area contributed by atoms with Gasteiger partial charge in [0.2, 0.25) is 5.91 Å². The maximum absolute atomic E-state index is 12.1. The van der Waals surface area contributed by atoms with Crippen molar-refractivity contribution in [3.05, 3.63) is 0 Å². The molecule has 1 amide bonds. The third kappa shape index (κ3) is 4.54. The van der Waals surface area contributed by atoms with Crippen LogP contribution in [0.25, 0.3) is 0 Å². The second-order valence-corrected chi connectivity index (χ2v) is 4.77. The molecular weight excluding hydrogens is 251 g/mol. The van der Waals surface area contributed by atoms with E-state index in [0.717, 1.165) is 0 Å². The topological polar surface area (TPSA) is 66.4 Å². The third-order valence-electron chi connectivity index (χ3n) is 3.08. The van der Waals surface area contributed by atoms with E-state index in [2.05, 4.69) is 5.32 Å². The van der Waals surface area contributed by atoms with Crippen LogP contribution in [0.2, 0.25) is 0 Å². The molecule has 3 atom stereocenters. The van der Waals surface area contributed by atoms with Gasteiger partial charge in [0.1, 0.15) is 0 Å². The van der Waals surface area contributed by atoms with Crippen molar-refractivity contribution in [3.8, 4) is 0 Å². The van der Waals surface area contributed by atoms with Crippen molar-refractivity contribution >= 4 is 11.9 Å². The number of carboxylic acids is 1. The van der Waals surface area contributed by atoms with Crippen LogP contribution in [0, 0.1) is 11.8 Å². The number of hydrogen-bond acceptors (Lipinski definition) is 2. The average molecular weight is 267 g/mol. The maximum atomic E-state index is 12.1. The highest BCUT2D eigenvalue weighted by Gasteiger charge is 2.36. The SMILES string of the molecule is CC(CC(F)(F)F)NC(=O)[C@@H]1CC[C@H](C(=O)O)C1. The second kappa shape index (κ2) is 5.58. The standard InChI is InChI=1S/C11H16F3NO3/c1-6(5-11(12,13)14)15-9(16)7-2-3-8(4-7)10(17)18/h6-8H,2-5H2,1H3,(H,15,16)(H,17,18)/t6?,7-,8+/m1/s1. The molecule has 2 N–H and O–H groups in total. The van der Waals surface area contributed by atoms with Gasteiger partial charge in [-0.3, -0.25) is 9.59 Å². The van der Waals surface area contributed by atoms with Crippen molar-refractivity contribution in [2.24, 2.45) is 11.8 Å². The molecular formula is C11H16F3NO3. The summed E-state index contributed by atoms with van der Waals surface area (Å²) in [6.07, 6.45) is -4.36. The zero-order valence-electron chi connectivity index (χ0n) is 9.96. The van der Waals surface area contributed by atoms with Crippen molar-refractivity contribution in [2.75, 3.05) is 0 Å². The monoisotopic (exact) mass is 267 g/mol. The van der Waals surface area contributed by atoms with Gasteiger partial charge in [0.15, 0.2) is 0 Å². The van der Waals surface area contributed by atoms with Gasteiger partial charge < -0.3 is 10.4 Å². The highest BCUT2D eigenvalue weighted by Crippen LogP contribution is 2.31. The van der Waals surface area contributed by atoms with Gasteiger partial charge in [0, 0.05) is 12.0 Å². The maximum Gasteiger partial charge on any atom is 0.391 e. The van der Waals surface area contributed by atoms with Crippen LogP contribution < -0.4 is 5.32 Å². The highest BCUT2D eigenvalue weighted by atomic mass is 19.4. The Morgan fingerprint density at radius 2 is 1.89 bits per heavy atom. The summed E-state index contributed by atoms with van der Waals surface area (Å²) < 4.78 is 36.2. The van der Waals surface area contributed by atoms with Gasteiger partial charge in [-0.2, -0.15) is 13.2 Å². The van der Waals surface area contributed by atoms with E-state index in [4.69, 9.17) is 5.11 Å². The van der Waals surface area contributed by atoms with E-state index >= 15 is 0 Å². The predicted octanol–water partition coefficient (Wildman–Crippen LogP) is 1.94. The molecule has 0 spiro atoms. The lowest BCUT2D eigenvalue weighted by atomic mass is 10.0. The molecule has 104 valence electrons. The van der Waals surface area contributed by atoms with Crippen molar-refractivity contribution in [1.82, 2.24) is 5.32 Å². The molecule has 1 aliphatic carbocycles. The number of carbonyl (C=O) groups excluding carboxylic acids is 1. The fourth-order valence-corrected chi connectivity index (χ4v) is 2.20. The van der Waals surface area contributed by atoms with Crippen LogP contribution in [-0.2, 0) is 9.59 Å². The molecule has 1 unspecified atom stereocenters. The number of alkyl halides is 3. The number of carboxylic acid groups (broad SMARTS) is 1. The Morgan fingerprint density at radius 1 is 1.33 bits per heavy atom. The quantitative estimate of drug-likeness (QED) is 0.818. The molecule has 0 aromatic carbocycles. The number of hydrogen-bond donors (Lipinski definition) is 2. The molecule has 1 saturated carbocycles. The summed E-state index contributed by atoms with van der Waals surface area (Å²) in [4.78, 5) is 22.3. The van der Waals surface area contributed by atoms with E-state index < -0.39 is 42.4 Å². The van der Waals surface area contributed by atoms with Crippen molar-refractivity contribution in [1.29, 1.82) is 0 Å². The van der Waals surface area contributed by atoms with Crippen LogP contribution in [0.1, 0.15) is 32.6 Å². The summed E-state index contributed by atoms with van der Waals surface area (Å²) in [5, 5.41) is 11.1. The number of halogens is 3. The Bertz CT molecular complexity index is 330. The summed E-state index contributed by atoms with van der Waals surface area (Å²) >= 11 is 0. The van der Waals surface area contributed by atoms with E-state index in [1.165, 1.54) is 6.92 Å². The lowest BCUT2D eigenvalue weighted by Gasteiger charge is -2.18. The zero-order valence-corrected chi connectivity index (χ0v) is 9.96. The Morgan fingerprint density at radius 3 is 2.33 bits per heavy atom. The lowest BCUT2D eigenvalue weighted by molar-refractivity contribution is -0.142. The van der Waals surface area contributed by atoms with Gasteiger partial charge in [0.05, 0.1) is 12.3 Å². The molecule has 18 heavy (non-hydrogen) atoms. The Kier molecular flexibility index (Phi) is 4.59. The number of carbonyl (C=O) groups is 2. The first kappa shape index (κ1) is 14.8. The molecule has 0 aromatic rings. The summed E-state index contributed by atoms with van der Waals surface area (Å²) in [7, 11) is 0. The molecule has 0 heterocycles. The van der Waals surface area contributed by atoms with Gasteiger partial charge in [-0.05, 0) is 26.2 Å².